The summed E-state index contributed by atoms with van der Waals surface area (Å²) in [4.78, 5) is 30.1. The Bertz CT molecular complexity index is 1920. The van der Waals surface area contributed by atoms with E-state index in [1.807, 2.05) is 25.1 Å². The maximum absolute atomic E-state index is 13.8. The van der Waals surface area contributed by atoms with E-state index in [2.05, 4.69) is 18.9 Å². The molecule has 0 saturated heterocycles. The van der Waals surface area contributed by atoms with Crippen LogP contribution in [-0.4, -0.2) is 27.9 Å². The number of ether oxygens (including phenoxy) is 2. The minimum Gasteiger partial charge on any atom is -0.496 e. The predicted octanol–water partition coefficient (Wildman–Crippen LogP) is 7.53. The summed E-state index contributed by atoms with van der Waals surface area (Å²) in [5, 5.41) is 17.4. The van der Waals surface area contributed by atoms with Gasteiger partial charge in [0.15, 0.2) is 5.82 Å². The van der Waals surface area contributed by atoms with Gasteiger partial charge in [0.25, 0.3) is 5.56 Å². The number of para-hydroxylation sites is 2. The fourth-order valence-electron chi connectivity index (χ4n) is 4.77. The van der Waals surface area contributed by atoms with E-state index in [0.717, 1.165) is 22.4 Å². The average Bonchev–Trinajstić information content (AvgIpc) is 3.00. The number of benzene rings is 4. The van der Waals surface area contributed by atoms with Crippen molar-refractivity contribution in [3.05, 3.63) is 127 Å². The number of aromatic nitrogens is 2. The van der Waals surface area contributed by atoms with Gasteiger partial charge in [-0.15, -0.1) is 0 Å². The summed E-state index contributed by atoms with van der Waals surface area (Å²) in [5.41, 5.74) is 3.52. The number of hydrogen-bond acceptors (Lipinski definition) is 7. The molecule has 0 saturated carbocycles. The van der Waals surface area contributed by atoms with Crippen LogP contribution in [0.2, 0.25) is 5.02 Å². The molecule has 0 radical (unpaired) electrons. The third-order valence-corrected chi connectivity index (χ3v) is 7.28. The van der Waals surface area contributed by atoms with Gasteiger partial charge in [-0.05, 0) is 72.0 Å². The summed E-state index contributed by atoms with van der Waals surface area (Å²) in [5.74, 6) is 1.24. The molecule has 0 bridgehead atoms. The summed E-state index contributed by atoms with van der Waals surface area (Å²) < 4.78 is 12.8. The normalized spacial score (nSPS) is 11.4. The Balaban J connectivity index is 1.67. The van der Waals surface area contributed by atoms with Gasteiger partial charge < -0.3 is 9.47 Å². The van der Waals surface area contributed by atoms with E-state index in [4.69, 9.17) is 26.1 Å². The van der Waals surface area contributed by atoms with E-state index >= 15 is 0 Å². The Labute approximate surface area is 253 Å². The van der Waals surface area contributed by atoms with E-state index in [0.29, 0.717) is 32.9 Å². The highest BCUT2D eigenvalue weighted by atomic mass is 35.5. The summed E-state index contributed by atoms with van der Waals surface area (Å²) >= 11 is 5.99. The van der Waals surface area contributed by atoms with Crippen LogP contribution < -0.4 is 15.0 Å². The number of nitro groups is 1. The van der Waals surface area contributed by atoms with E-state index in [1.54, 1.807) is 61.7 Å². The molecular weight excluding hydrogens is 568 g/mol. The van der Waals surface area contributed by atoms with E-state index < -0.39 is 4.92 Å². The quantitative estimate of drug-likeness (QED) is 0.0988. The molecule has 0 aliphatic carbocycles. The number of fused-ring (bicyclic) bond motifs is 1. The van der Waals surface area contributed by atoms with Crippen LogP contribution in [0.1, 0.15) is 42.0 Å². The van der Waals surface area contributed by atoms with Crippen LogP contribution in [0.4, 0.5) is 5.69 Å². The molecule has 9 nitrogen and oxygen atoms in total. The van der Waals surface area contributed by atoms with E-state index in [1.165, 1.54) is 17.0 Å². The largest absolute Gasteiger partial charge is 0.496 e. The van der Waals surface area contributed by atoms with Crippen molar-refractivity contribution >= 4 is 34.4 Å². The highest BCUT2D eigenvalue weighted by molar-refractivity contribution is 6.30. The molecule has 0 N–H and O–H groups in total. The fraction of sp³-hybridized carbons (Fsp3) is 0.182. The van der Waals surface area contributed by atoms with E-state index in [9.17, 15) is 14.9 Å². The molecule has 0 fully saturated rings. The molecule has 43 heavy (non-hydrogen) atoms. The Morgan fingerprint density at radius 2 is 1.81 bits per heavy atom. The van der Waals surface area contributed by atoms with Gasteiger partial charge in [-0.25, -0.2) is 4.98 Å². The lowest BCUT2D eigenvalue weighted by Crippen LogP contribution is -2.21. The minimum absolute atomic E-state index is 0.0252. The number of nitro benzene ring substituents is 1. The topological polar surface area (TPSA) is 109 Å². The SMILES string of the molecule is COc1cc(C)c(-c2nc3ccccc3c(=O)n2N=Cc2cccc([N+](=O)[O-])c2OCc2ccc(Cl)cc2)cc1C(C)C. The smallest absolute Gasteiger partial charge is 0.311 e. The molecule has 5 aromatic rings. The fourth-order valence-corrected chi connectivity index (χ4v) is 4.90. The molecule has 0 amide bonds. The number of hydrogen-bond donors (Lipinski definition) is 0. The van der Waals surface area contributed by atoms with Gasteiger partial charge in [0.05, 0.1) is 29.2 Å². The molecule has 218 valence electrons. The van der Waals surface area contributed by atoms with Crippen LogP contribution in [-0.2, 0) is 6.61 Å². The van der Waals surface area contributed by atoms with Crippen molar-refractivity contribution < 1.29 is 14.4 Å². The number of aryl methyl sites for hydroxylation is 1. The Morgan fingerprint density at radius 1 is 1.07 bits per heavy atom. The van der Waals surface area contributed by atoms with Gasteiger partial charge in [-0.3, -0.25) is 14.9 Å². The molecule has 5 rings (SSSR count). The molecule has 0 atom stereocenters. The zero-order valence-electron chi connectivity index (χ0n) is 24.1. The predicted molar refractivity (Wildman–Crippen MR) is 169 cm³/mol. The molecule has 0 aliphatic heterocycles. The van der Waals surface area contributed by atoms with E-state index in [-0.39, 0.29) is 29.5 Å². The Hall–Kier alpha value is -5.02. The lowest BCUT2D eigenvalue weighted by Gasteiger charge is -2.17. The lowest BCUT2D eigenvalue weighted by atomic mass is 9.96. The summed E-state index contributed by atoms with van der Waals surface area (Å²) in [7, 11) is 1.63. The van der Waals surface area contributed by atoms with Crippen LogP contribution >= 0.6 is 11.6 Å². The van der Waals surface area contributed by atoms with Gasteiger partial charge in [0.2, 0.25) is 5.75 Å². The molecule has 0 unspecified atom stereocenters. The minimum atomic E-state index is -0.516. The first kappa shape index (κ1) is 29.5. The van der Waals surface area contributed by atoms with Crippen molar-refractivity contribution in [2.45, 2.75) is 33.3 Å². The van der Waals surface area contributed by atoms with Gasteiger partial charge in [-0.2, -0.15) is 9.78 Å². The monoisotopic (exact) mass is 596 g/mol. The van der Waals surface area contributed by atoms with Gasteiger partial charge in [0, 0.05) is 22.2 Å². The van der Waals surface area contributed by atoms with Crippen LogP contribution in [0.25, 0.3) is 22.3 Å². The highest BCUT2D eigenvalue weighted by Crippen LogP contribution is 2.35. The van der Waals surface area contributed by atoms with Crippen molar-refractivity contribution in [2.24, 2.45) is 5.10 Å². The maximum atomic E-state index is 13.8. The number of nitrogens with zero attached hydrogens (tertiary/aromatic N) is 4. The number of halogens is 1. The van der Waals surface area contributed by atoms with Gasteiger partial charge >= 0.3 is 5.69 Å². The standard InChI is InChI=1S/C33H29ClN4O5/c1-20(2)26-17-27(21(3)16-30(26)42-4)32-36-28-10-6-5-9-25(28)33(39)37(32)35-18-23-8-7-11-29(38(40)41)31(23)43-19-22-12-14-24(34)15-13-22/h5-18,20H,19H2,1-4H3. The number of rotatable bonds is 9. The first-order valence-electron chi connectivity index (χ1n) is 13.6. The third-order valence-electron chi connectivity index (χ3n) is 7.02. The van der Waals surface area contributed by atoms with Crippen LogP contribution in [0.5, 0.6) is 11.5 Å². The molecule has 0 aliphatic rings. The first-order chi connectivity index (χ1) is 20.7. The Kier molecular flexibility index (Phi) is 8.54. The lowest BCUT2D eigenvalue weighted by molar-refractivity contribution is -0.385. The van der Waals surface area contributed by atoms with Gasteiger partial charge in [-0.1, -0.05) is 55.8 Å². The van der Waals surface area contributed by atoms with Crippen LogP contribution in [0.15, 0.2) is 88.8 Å². The van der Waals surface area contributed by atoms with Crippen molar-refractivity contribution in [1.82, 2.24) is 9.66 Å². The second kappa shape index (κ2) is 12.5. The molecule has 1 aromatic heterocycles. The second-order valence-electron chi connectivity index (χ2n) is 10.2. The molecular formula is C33H29ClN4O5. The average molecular weight is 597 g/mol. The molecule has 0 spiro atoms. The zero-order chi connectivity index (χ0) is 30.7. The van der Waals surface area contributed by atoms with Crippen LogP contribution in [0, 0.1) is 17.0 Å². The Morgan fingerprint density at radius 3 is 2.51 bits per heavy atom. The number of methoxy groups -OCH3 is 1. The third kappa shape index (κ3) is 6.12. The van der Waals surface area contributed by atoms with Crippen molar-refractivity contribution in [3.63, 3.8) is 0 Å². The summed E-state index contributed by atoms with van der Waals surface area (Å²) in [6, 6.07) is 22.5. The second-order valence-corrected chi connectivity index (χ2v) is 10.7. The van der Waals surface area contributed by atoms with Crippen molar-refractivity contribution in [3.8, 4) is 22.9 Å². The maximum Gasteiger partial charge on any atom is 0.311 e. The van der Waals surface area contributed by atoms with Crippen LogP contribution in [0.3, 0.4) is 0 Å². The van der Waals surface area contributed by atoms with Crippen molar-refractivity contribution in [1.29, 1.82) is 0 Å². The zero-order valence-corrected chi connectivity index (χ0v) is 24.8. The molecule has 4 aromatic carbocycles. The highest BCUT2D eigenvalue weighted by Gasteiger charge is 2.21. The molecule has 1 heterocycles. The summed E-state index contributed by atoms with van der Waals surface area (Å²) in [6.07, 6.45) is 1.38. The summed E-state index contributed by atoms with van der Waals surface area (Å²) in [6.45, 7) is 6.10. The van der Waals surface area contributed by atoms with Crippen molar-refractivity contribution in [2.75, 3.05) is 7.11 Å². The molecule has 10 heteroatoms. The van der Waals surface area contributed by atoms with Gasteiger partial charge in [0.1, 0.15) is 12.4 Å². The first-order valence-corrected chi connectivity index (χ1v) is 14.0.